The molecule has 2 amide bonds. The quantitative estimate of drug-likeness (QED) is 0.311. The summed E-state index contributed by atoms with van der Waals surface area (Å²) >= 11 is 8.43. The van der Waals surface area contributed by atoms with Gasteiger partial charge in [-0.05, 0) is 30.3 Å². The van der Waals surface area contributed by atoms with E-state index in [0.717, 1.165) is 5.52 Å². The average molecular weight is 445 g/mol. The number of amides is 2. The number of nitrogens with zero attached hydrogens (tertiary/aromatic N) is 3. The molecule has 29 heavy (non-hydrogen) atoms. The van der Waals surface area contributed by atoms with Crippen molar-refractivity contribution in [2.24, 2.45) is 0 Å². The van der Waals surface area contributed by atoms with Gasteiger partial charge in [-0.15, -0.1) is 10.2 Å². The summed E-state index contributed by atoms with van der Waals surface area (Å²) in [5.74, 6) is 0.337. The number of para-hydroxylation sites is 2. The highest BCUT2D eigenvalue weighted by molar-refractivity contribution is 8.00. The van der Waals surface area contributed by atoms with Gasteiger partial charge in [-0.2, -0.15) is 0 Å². The van der Waals surface area contributed by atoms with E-state index < -0.39 is 6.03 Å². The highest BCUT2D eigenvalue weighted by Crippen LogP contribution is 2.27. The number of carbonyl (C=O) groups is 1. The lowest BCUT2D eigenvalue weighted by Gasteiger charge is -2.04. The first-order valence-electron chi connectivity index (χ1n) is 8.34. The molecule has 0 atom stereocenters. The number of aromatic amines is 1. The molecule has 0 radical (unpaired) electrons. The van der Waals surface area contributed by atoms with Crippen molar-refractivity contribution in [3.63, 3.8) is 0 Å². The lowest BCUT2D eigenvalue weighted by molar-refractivity contribution is 0.262. The molecular formula is C18H13ClN6O2S2. The van der Waals surface area contributed by atoms with Crippen LogP contribution in [0.25, 0.3) is 11.0 Å². The first-order chi connectivity index (χ1) is 14.1. The minimum atomic E-state index is -0.451. The fourth-order valence-electron chi connectivity index (χ4n) is 2.44. The number of halogens is 1. The molecule has 4 rings (SSSR count). The first kappa shape index (κ1) is 19.4. The molecule has 2 heterocycles. The van der Waals surface area contributed by atoms with E-state index in [-0.39, 0.29) is 5.56 Å². The predicted molar refractivity (Wildman–Crippen MR) is 116 cm³/mol. The van der Waals surface area contributed by atoms with Gasteiger partial charge in [-0.25, -0.2) is 9.78 Å². The van der Waals surface area contributed by atoms with E-state index >= 15 is 0 Å². The Morgan fingerprint density at radius 3 is 2.86 bits per heavy atom. The zero-order chi connectivity index (χ0) is 20.2. The van der Waals surface area contributed by atoms with E-state index in [1.54, 1.807) is 30.3 Å². The number of thioether (sulfide) groups is 1. The van der Waals surface area contributed by atoms with E-state index in [1.165, 1.54) is 23.1 Å². The fraction of sp³-hybridized carbons (Fsp3) is 0.0556. The zero-order valence-corrected chi connectivity index (χ0v) is 17.1. The first-order valence-corrected chi connectivity index (χ1v) is 10.5. The van der Waals surface area contributed by atoms with Crippen LogP contribution in [0.5, 0.6) is 0 Å². The van der Waals surface area contributed by atoms with Gasteiger partial charge < -0.3 is 10.3 Å². The number of fused-ring (bicyclic) bond motifs is 1. The van der Waals surface area contributed by atoms with Crippen molar-refractivity contribution in [2.75, 3.05) is 10.6 Å². The molecule has 0 bridgehead atoms. The lowest BCUT2D eigenvalue weighted by Crippen LogP contribution is -2.19. The van der Waals surface area contributed by atoms with Crippen LogP contribution in [0.2, 0.25) is 5.02 Å². The van der Waals surface area contributed by atoms with Gasteiger partial charge in [-0.3, -0.25) is 10.1 Å². The zero-order valence-electron chi connectivity index (χ0n) is 14.7. The van der Waals surface area contributed by atoms with Crippen LogP contribution in [0, 0.1) is 0 Å². The third-order valence-electron chi connectivity index (χ3n) is 3.71. The Bertz CT molecular complexity index is 1240. The molecule has 0 aliphatic heterocycles. The van der Waals surface area contributed by atoms with Crippen molar-refractivity contribution >= 4 is 62.6 Å². The van der Waals surface area contributed by atoms with Gasteiger partial charge >= 0.3 is 6.03 Å². The van der Waals surface area contributed by atoms with Crippen LogP contribution in [-0.4, -0.2) is 26.2 Å². The summed E-state index contributed by atoms with van der Waals surface area (Å²) in [4.78, 5) is 31.4. The van der Waals surface area contributed by atoms with E-state index in [4.69, 9.17) is 11.6 Å². The summed E-state index contributed by atoms with van der Waals surface area (Å²) in [7, 11) is 0. The molecule has 2 aromatic heterocycles. The van der Waals surface area contributed by atoms with Crippen LogP contribution in [0.4, 0.5) is 15.6 Å². The van der Waals surface area contributed by atoms with E-state index in [9.17, 15) is 9.59 Å². The molecule has 0 unspecified atom stereocenters. The summed E-state index contributed by atoms with van der Waals surface area (Å²) in [6.45, 7) is 0. The largest absolute Gasteiger partial charge is 0.325 e. The third kappa shape index (κ3) is 4.91. The second-order valence-corrected chi connectivity index (χ2v) is 8.42. The number of rotatable bonds is 5. The van der Waals surface area contributed by atoms with Crippen LogP contribution in [0.3, 0.4) is 0 Å². The number of nitrogens with one attached hydrogen (secondary N) is 3. The fourth-order valence-corrected chi connectivity index (χ4v) is 4.31. The molecular weight excluding hydrogens is 432 g/mol. The molecule has 0 spiro atoms. The van der Waals surface area contributed by atoms with Crippen molar-refractivity contribution in [3.8, 4) is 0 Å². The standard InChI is InChI=1S/C18H13ClN6O2S2/c19-10-4-3-5-11(8-10)20-16(27)23-17-24-25-18(29-17)28-9-14-15(26)22-13-7-2-1-6-12(13)21-14/h1-8H,9H2,(H,22,26)(H2,20,23,24,27). The Morgan fingerprint density at radius 1 is 1.14 bits per heavy atom. The highest BCUT2D eigenvalue weighted by atomic mass is 35.5. The monoisotopic (exact) mass is 444 g/mol. The van der Waals surface area contributed by atoms with Gasteiger partial charge in [0.25, 0.3) is 5.56 Å². The second-order valence-electron chi connectivity index (χ2n) is 5.78. The number of H-pyrrole nitrogens is 1. The number of benzene rings is 2. The van der Waals surface area contributed by atoms with Crippen molar-refractivity contribution in [1.82, 2.24) is 20.2 Å². The number of aromatic nitrogens is 4. The van der Waals surface area contributed by atoms with Gasteiger partial charge in [0.1, 0.15) is 5.69 Å². The van der Waals surface area contributed by atoms with Gasteiger partial charge in [0.05, 0.1) is 11.0 Å². The Balaban J connectivity index is 1.37. The molecule has 11 heteroatoms. The normalized spacial score (nSPS) is 10.8. The Kier molecular flexibility index (Phi) is 5.74. The van der Waals surface area contributed by atoms with Gasteiger partial charge in [0.2, 0.25) is 5.13 Å². The SMILES string of the molecule is O=C(Nc1cccc(Cl)c1)Nc1nnc(SCc2nc3ccccc3[nH]c2=O)s1. The molecule has 8 nitrogen and oxygen atoms in total. The molecule has 3 N–H and O–H groups in total. The van der Waals surface area contributed by atoms with Crippen LogP contribution >= 0.6 is 34.7 Å². The number of hydrogen-bond acceptors (Lipinski definition) is 7. The van der Waals surface area contributed by atoms with Crippen molar-refractivity contribution in [2.45, 2.75) is 10.1 Å². The van der Waals surface area contributed by atoms with Crippen molar-refractivity contribution in [1.29, 1.82) is 0 Å². The van der Waals surface area contributed by atoms with Crippen LogP contribution in [0.15, 0.2) is 57.7 Å². The maximum atomic E-state index is 12.2. The topological polar surface area (TPSA) is 113 Å². The predicted octanol–water partition coefficient (Wildman–Crippen LogP) is 4.36. The van der Waals surface area contributed by atoms with Crippen LogP contribution in [-0.2, 0) is 5.75 Å². The summed E-state index contributed by atoms with van der Waals surface area (Å²) in [6, 6.07) is 13.7. The average Bonchev–Trinajstić information content (AvgIpc) is 3.13. The minimum Gasteiger partial charge on any atom is -0.319 e. The number of carbonyl (C=O) groups excluding carboxylic acids is 1. The van der Waals surface area contributed by atoms with Gasteiger partial charge in [0.15, 0.2) is 4.34 Å². The lowest BCUT2D eigenvalue weighted by atomic mass is 10.3. The van der Waals surface area contributed by atoms with Crippen molar-refractivity contribution < 1.29 is 4.79 Å². The summed E-state index contributed by atoms with van der Waals surface area (Å²) < 4.78 is 0.609. The van der Waals surface area contributed by atoms with Crippen molar-refractivity contribution in [3.05, 3.63) is 69.6 Å². The van der Waals surface area contributed by atoms with E-state index in [2.05, 4.69) is 30.8 Å². The maximum absolute atomic E-state index is 12.2. The molecule has 0 saturated heterocycles. The molecule has 146 valence electrons. The molecule has 0 saturated carbocycles. The Labute approximate surface area is 177 Å². The van der Waals surface area contributed by atoms with Gasteiger partial charge in [0, 0.05) is 16.5 Å². The minimum absolute atomic E-state index is 0.236. The number of anilines is 2. The summed E-state index contributed by atoms with van der Waals surface area (Å²) in [5.41, 5.74) is 2.15. The van der Waals surface area contributed by atoms with E-state index in [1.807, 2.05) is 18.2 Å². The molecule has 0 aliphatic carbocycles. The van der Waals surface area contributed by atoms with Crippen LogP contribution in [0.1, 0.15) is 5.69 Å². The summed E-state index contributed by atoms with van der Waals surface area (Å²) in [5, 5.41) is 14.1. The smallest absolute Gasteiger partial charge is 0.319 e. The Morgan fingerprint density at radius 2 is 2.00 bits per heavy atom. The highest BCUT2D eigenvalue weighted by Gasteiger charge is 2.11. The number of hydrogen-bond donors (Lipinski definition) is 3. The number of urea groups is 1. The summed E-state index contributed by atoms with van der Waals surface area (Å²) in [6.07, 6.45) is 0. The molecule has 2 aromatic carbocycles. The van der Waals surface area contributed by atoms with Crippen LogP contribution < -0.4 is 16.2 Å². The molecule has 4 aromatic rings. The molecule has 0 aliphatic rings. The molecule has 0 fully saturated rings. The maximum Gasteiger partial charge on any atom is 0.325 e. The van der Waals surface area contributed by atoms with Gasteiger partial charge in [-0.1, -0.05) is 52.9 Å². The Hall–Kier alpha value is -2.95. The second kappa shape index (κ2) is 8.60. The van der Waals surface area contributed by atoms with E-state index in [0.29, 0.717) is 37.1 Å². The third-order valence-corrected chi connectivity index (χ3v) is 5.93.